The van der Waals surface area contributed by atoms with Gasteiger partial charge in [0.1, 0.15) is 0 Å². The van der Waals surface area contributed by atoms with Crippen LogP contribution in [-0.4, -0.2) is 29.4 Å². The van der Waals surface area contributed by atoms with Gasteiger partial charge in [0.25, 0.3) is 9.84 Å². The SMILES string of the molecule is O=CS(=O)(=O)c1cn[nH]n1. The zero-order chi connectivity index (χ0) is 7.61. The molecule has 7 heteroatoms. The summed E-state index contributed by atoms with van der Waals surface area (Å²) in [6, 6.07) is 0. The van der Waals surface area contributed by atoms with Crippen molar-refractivity contribution in [1.82, 2.24) is 15.4 Å². The van der Waals surface area contributed by atoms with Gasteiger partial charge in [0.05, 0.1) is 6.20 Å². The van der Waals surface area contributed by atoms with Gasteiger partial charge in [0.2, 0.25) is 10.6 Å². The van der Waals surface area contributed by atoms with E-state index in [0.717, 1.165) is 6.20 Å². The van der Waals surface area contributed by atoms with Crippen molar-refractivity contribution < 1.29 is 13.2 Å². The lowest BCUT2D eigenvalue weighted by molar-refractivity contribution is 0.555. The molecule has 1 aromatic heterocycles. The number of H-pyrrole nitrogens is 1. The van der Waals surface area contributed by atoms with E-state index in [-0.39, 0.29) is 10.6 Å². The van der Waals surface area contributed by atoms with E-state index in [9.17, 15) is 13.2 Å². The maximum atomic E-state index is 10.6. The average Bonchev–Trinajstić information content (AvgIpc) is 2.38. The normalized spacial score (nSPS) is 11.2. The van der Waals surface area contributed by atoms with Gasteiger partial charge in [-0.2, -0.15) is 10.3 Å². The number of aromatic amines is 1. The molecule has 0 atom stereocenters. The van der Waals surface area contributed by atoms with Crippen molar-refractivity contribution in [3.8, 4) is 0 Å². The molecule has 0 radical (unpaired) electrons. The Bertz CT molecular complexity index is 313. The zero-order valence-corrected chi connectivity index (χ0v) is 5.50. The maximum Gasteiger partial charge on any atom is 0.257 e. The summed E-state index contributed by atoms with van der Waals surface area (Å²) in [5, 5.41) is 8.14. The fourth-order valence-electron chi connectivity index (χ4n) is 0.377. The molecule has 1 heterocycles. The highest BCUT2D eigenvalue weighted by Crippen LogP contribution is 1.98. The number of aromatic nitrogens is 3. The molecule has 0 saturated heterocycles. The first kappa shape index (κ1) is 6.87. The maximum absolute atomic E-state index is 10.6. The summed E-state index contributed by atoms with van der Waals surface area (Å²) in [5.41, 5.74) is -0.176. The summed E-state index contributed by atoms with van der Waals surface area (Å²) in [6.45, 7) is 0. The standard InChI is InChI=1S/C3H3N3O3S/c7-2-10(8,9)3-1-4-6-5-3/h1-2H,(H,4,5,6). The van der Waals surface area contributed by atoms with Gasteiger partial charge >= 0.3 is 0 Å². The second-order valence-corrected chi connectivity index (χ2v) is 3.15. The summed E-state index contributed by atoms with van der Waals surface area (Å²) in [5.74, 6) is 0. The molecule has 0 bridgehead atoms. The Balaban J connectivity index is 3.22. The van der Waals surface area contributed by atoms with E-state index in [1.54, 1.807) is 0 Å². The third kappa shape index (κ3) is 1.03. The van der Waals surface area contributed by atoms with Crippen LogP contribution in [0.25, 0.3) is 0 Å². The number of carbonyl (C=O) groups is 1. The summed E-state index contributed by atoms with van der Waals surface area (Å²) in [6.07, 6.45) is 0.962. The van der Waals surface area contributed by atoms with Crippen molar-refractivity contribution in [3.63, 3.8) is 0 Å². The van der Waals surface area contributed by atoms with Crippen LogP contribution in [0.2, 0.25) is 0 Å². The number of rotatable bonds is 2. The van der Waals surface area contributed by atoms with Gasteiger partial charge in [-0.25, -0.2) is 8.42 Å². The third-order valence-electron chi connectivity index (χ3n) is 0.811. The number of hydrogen-bond donors (Lipinski definition) is 1. The van der Waals surface area contributed by atoms with Gasteiger partial charge in [-0.15, -0.1) is 5.10 Å². The highest BCUT2D eigenvalue weighted by molar-refractivity contribution is 8.04. The van der Waals surface area contributed by atoms with Gasteiger partial charge in [-0.05, 0) is 0 Å². The lowest BCUT2D eigenvalue weighted by Crippen LogP contribution is -2.01. The number of carbonyl (C=O) groups excluding carboxylic acids is 1. The van der Waals surface area contributed by atoms with E-state index in [1.807, 2.05) is 5.21 Å². The Labute approximate surface area is 56.2 Å². The molecule has 0 spiro atoms. The highest BCUT2D eigenvalue weighted by atomic mass is 32.2. The Morgan fingerprint density at radius 2 is 2.30 bits per heavy atom. The van der Waals surface area contributed by atoms with E-state index < -0.39 is 9.84 Å². The average molecular weight is 161 g/mol. The van der Waals surface area contributed by atoms with Crippen LogP contribution in [0.3, 0.4) is 0 Å². The summed E-state index contributed by atoms with van der Waals surface area (Å²) < 4.78 is 21.1. The van der Waals surface area contributed by atoms with E-state index in [0.29, 0.717) is 0 Å². The van der Waals surface area contributed by atoms with Crippen LogP contribution in [0.5, 0.6) is 0 Å². The Kier molecular flexibility index (Phi) is 1.50. The Morgan fingerprint density at radius 1 is 1.60 bits per heavy atom. The van der Waals surface area contributed by atoms with E-state index >= 15 is 0 Å². The van der Waals surface area contributed by atoms with Gasteiger partial charge < -0.3 is 0 Å². The van der Waals surface area contributed by atoms with Gasteiger partial charge in [0, 0.05) is 0 Å². The largest absolute Gasteiger partial charge is 0.285 e. The van der Waals surface area contributed by atoms with Crippen molar-refractivity contribution in [2.75, 3.05) is 0 Å². The molecular formula is C3H3N3O3S. The smallest absolute Gasteiger partial charge is 0.257 e. The molecule has 10 heavy (non-hydrogen) atoms. The molecular weight excluding hydrogens is 158 g/mol. The lowest BCUT2D eigenvalue weighted by Gasteiger charge is -1.82. The predicted molar refractivity (Wildman–Crippen MR) is 30.3 cm³/mol. The molecule has 0 aromatic carbocycles. The zero-order valence-electron chi connectivity index (χ0n) is 4.68. The number of hydrogen-bond acceptors (Lipinski definition) is 5. The number of sulfone groups is 1. The first-order valence-corrected chi connectivity index (χ1v) is 3.77. The molecule has 1 N–H and O–H groups in total. The van der Waals surface area contributed by atoms with E-state index in [1.165, 1.54) is 0 Å². The van der Waals surface area contributed by atoms with Crippen LogP contribution in [0.4, 0.5) is 0 Å². The molecule has 0 fully saturated rings. The third-order valence-corrected chi connectivity index (χ3v) is 1.84. The quantitative estimate of drug-likeness (QED) is 0.548. The highest BCUT2D eigenvalue weighted by Gasteiger charge is 2.14. The second kappa shape index (κ2) is 2.18. The topological polar surface area (TPSA) is 92.8 Å². The van der Waals surface area contributed by atoms with Crippen LogP contribution in [0, 0.1) is 0 Å². The molecule has 0 aliphatic heterocycles. The Hall–Kier alpha value is -1.24. The van der Waals surface area contributed by atoms with Crippen LogP contribution in [-0.2, 0) is 14.6 Å². The fraction of sp³-hybridized carbons (Fsp3) is 0. The van der Waals surface area contributed by atoms with E-state index in [4.69, 9.17) is 0 Å². The fourth-order valence-corrected chi connectivity index (χ4v) is 0.844. The van der Waals surface area contributed by atoms with Crippen molar-refractivity contribution in [3.05, 3.63) is 6.20 Å². The summed E-state index contributed by atoms with van der Waals surface area (Å²) >= 11 is 0. The lowest BCUT2D eigenvalue weighted by atomic mass is 11.0. The second-order valence-electron chi connectivity index (χ2n) is 1.45. The minimum atomic E-state index is -3.84. The van der Waals surface area contributed by atoms with Crippen molar-refractivity contribution in [2.45, 2.75) is 5.03 Å². The van der Waals surface area contributed by atoms with Gasteiger partial charge in [-0.1, -0.05) is 0 Å². The minimum Gasteiger partial charge on any atom is -0.285 e. The van der Waals surface area contributed by atoms with E-state index in [2.05, 4.69) is 10.2 Å². The van der Waals surface area contributed by atoms with Gasteiger partial charge in [-0.3, -0.25) is 4.79 Å². The molecule has 6 nitrogen and oxygen atoms in total. The van der Waals surface area contributed by atoms with Crippen molar-refractivity contribution in [1.29, 1.82) is 0 Å². The molecule has 54 valence electrons. The number of nitrogens with one attached hydrogen (secondary N) is 1. The summed E-state index contributed by atoms with van der Waals surface area (Å²) in [7, 11) is -3.84. The van der Waals surface area contributed by atoms with Crippen LogP contribution in [0.15, 0.2) is 11.2 Å². The van der Waals surface area contributed by atoms with Crippen molar-refractivity contribution >= 4 is 15.5 Å². The van der Waals surface area contributed by atoms with Crippen LogP contribution in [0.1, 0.15) is 0 Å². The molecule has 0 aliphatic carbocycles. The first-order valence-electron chi connectivity index (χ1n) is 2.23. The molecule has 0 amide bonds. The monoisotopic (exact) mass is 161 g/mol. The molecule has 0 aliphatic rings. The van der Waals surface area contributed by atoms with Crippen LogP contribution >= 0.6 is 0 Å². The molecule has 0 saturated carbocycles. The minimum absolute atomic E-state index is 0.176. The molecule has 0 unspecified atom stereocenters. The van der Waals surface area contributed by atoms with Crippen molar-refractivity contribution in [2.24, 2.45) is 0 Å². The van der Waals surface area contributed by atoms with Crippen LogP contribution < -0.4 is 0 Å². The first-order chi connectivity index (χ1) is 4.67. The number of nitrogens with zero attached hydrogens (tertiary/aromatic N) is 2. The molecule has 1 rings (SSSR count). The summed E-state index contributed by atoms with van der Waals surface area (Å²) in [4.78, 5) is 9.86. The molecule has 1 aromatic rings. The predicted octanol–water partition coefficient (Wildman–Crippen LogP) is -1.23. The van der Waals surface area contributed by atoms with Gasteiger partial charge in [0.15, 0.2) is 0 Å². The Morgan fingerprint density at radius 3 is 2.70 bits per heavy atom.